The van der Waals surface area contributed by atoms with Crippen molar-refractivity contribution < 1.29 is 9.53 Å². The van der Waals surface area contributed by atoms with Crippen molar-refractivity contribution in [1.82, 2.24) is 4.57 Å². The fraction of sp³-hybridized carbons (Fsp3) is 0.400. The van der Waals surface area contributed by atoms with Crippen LogP contribution < -0.4 is 5.73 Å². The van der Waals surface area contributed by atoms with Gasteiger partial charge in [-0.2, -0.15) is 0 Å². The predicted octanol–water partition coefficient (Wildman–Crippen LogP) is 3.58. The lowest BCUT2D eigenvalue weighted by Crippen LogP contribution is -2.26. The molecule has 2 rings (SSSR count). The molecule has 0 unspecified atom stereocenters. The van der Waals surface area contributed by atoms with Gasteiger partial charge >= 0.3 is 6.09 Å². The Bertz CT molecular complexity index is 641. The van der Waals surface area contributed by atoms with E-state index in [9.17, 15) is 4.79 Å². The van der Waals surface area contributed by atoms with Gasteiger partial charge in [-0.25, -0.2) is 4.79 Å². The highest BCUT2D eigenvalue weighted by Gasteiger charge is 2.20. The number of nitrogens with two attached hydrogens (primary N) is 1. The number of fused-ring (bicyclic) bond motifs is 1. The number of hydrogen-bond acceptors (Lipinski definition) is 3. The van der Waals surface area contributed by atoms with E-state index in [-0.39, 0.29) is 0 Å². The van der Waals surface area contributed by atoms with E-state index in [1.165, 1.54) is 4.57 Å². The van der Waals surface area contributed by atoms with E-state index in [1.54, 1.807) is 12.3 Å². The zero-order valence-electron chi connectivity index (χ0n) is 11.9. The zero-order chi connectivity index (χ0) is 14.9. The van der Waals surface area contributed by atoms with Crippen LogP contribution in [-0.2, 0) is 11.2 Å². The molecule has 0 bridgehead atoms. The third-order valence-corrected chi connectivity index (χ3v) is 3.09. The number of carbonyl (C=O) groups excluding carboxylic acids is 1. The van der Waals surface area contributed by atoms with Gasteiger partial charge in [0.05, 0.1) is 5.52 Å². The lowest BCUT2D eigenvalue weighted by atomic mass is 10.1. The van der Waals surface area contributed by atoms with Gasteiger partial charge in [0.2, 0.25) is 0 Å². The van der Waals surface area contributed by atoms with Crippen LogP contribution in [0.1, 0.15) is 26.3 Å². The van der Waals surface area contributed by atoms with Crippen molar-refractivity contribution in [2.45, 2.75) is 32.8 Å². The fourth-order valence-corrected chi connectivity index (χ4v) is 2.26. The molecule has 0 saturated carbocycles. The lowest BCUT2D eigenvalue weighted by Gasteiger charge is -2.19. The van der Waals surface area contributed by atoms with Gasteiger partial charge in [0.1, 0.15) is 5.60 Å². The molecular formula is C15H19ClN2O2. The highest BCUT2D eigenvalue weighted by molar-refractivity contribution is 6.31. The van der Waals surface area contributed by atoms with Gasteiger partial charge in [0.25, 0.3) is 0 Å². The Morgan fingerprint density at radius 2 is 2.10 bits per heavy atom. The molecule has 0 radical (unpaired) electrons. The highest BCUT2D eigenvalue weighted by atomic mass is 35.5. The van der Waals surface area contributed by atoms with Crippen LogP contribution in [-0.4, -0.2) is 22.8 Å². The van der Waals surface area contributed by atoms with E-state index < -0.39 is 11.7 Å². The molecule has 4 nitrogen and oxygen atoms in total. The molecule has 0 aliphatic rings. The Morgan fingerprint density at radius 1 is 1.40 bits per heavy atom. The minimum atomic E-state index is -0.534. The molecule has 0 aliphatic heterocycles. The number of carbonyl (C=O) groups is 1. The van der Waals surface area contributed by atoms with E-state index in [1.807, 2.05) is 32.9 Å². The predicted molar refractivity (Wildman–Crippen MR) is 81.3 cm³/mol. The Labute approximate surface area is 123 Å². The molecule has 0 amide bonds. The second kappa shape index (κ2) is 5.46. The number of benzene rings is 1. The molecule has 1 aromatic carbocycles. The quantitative estimate of drug-likeness (QED) is 0.921. The molecule has 0 fully saturated rings. The third-order valence-electron chi connectivity index (χ3n) is 2.85. The number of halogens is 1. The zero-order valence-corrected chi connectivity index (χ0v) is 12.7. The third kappa shape index (κ3) is 3.14. The molecule has 20 heavy (non-hydrogen) atoms. The summed E-state index contributed by atoms with van der Waals surface area (Å²) >= 11 is 6.03. The fourth-order valence-electron chi connectivity index (χ4n) is 2.09. The second-order valence-corrected chi connectivity index (χ2v) is 6.14. The van der Waals surface area contributed by atoms with Gasteiger partial charge in [-0.1, -0.05) is 11.6 Å². The normalized spacial score (nSPS) is 11.8. The smallest absolute Gasteiger partial charge is 0.419 e. The average molecular weight is 295 g/mol. The maximum atomic E-state index is 12.3. The lowest BCUT2D eigenvalue weighted by molar-refractivity contribution is 0.0544. The maximum absolute atomic E-state index is 12.3. The Hall–Kier alpha value is -1.52. The first-order valence-electron chi connectivity index (χ1n) is 6.55. The summed E-state index contributed by atoms with van der Waals surface area (Å²) in [4.78, 5) is 12.3. The Morgan fingerprint density at radius 3 is 2.70 bits per heavy atom. The van der Waals surface area contributed by atoms with Crippen molar-refractivity contribution in [3.8, 4) is 0 Å². The molecule has 108 valence electrons. The SMILES string of the molecule is CC(C)(C)OC(=O)n1cc(CCN)c2cc(Cl)ccc21. The van der Waals surface area contributed by atoms with E-state index in [0.29, 0.717) is 18.0 Å². The summed E-state index contributed by atoms with van der Waals surface area (Å²) in [6, 6.07) is 5.43. The number of rotatable bonds is 2. The summed E-state index contributed by atoms with van der Waals surface area (Å²) in [5.74, 6) is 0. The van der Waals surface area contributed by atoms with Gasteiger partial charge in [-0.05, 0) is 57.5 Å². The van der Waals surface area contributed by atoms with Gasteiger partial charge < -0.3 is 10.5 Å². The van der Waals surface area contributed by atoms with Gasteiger partial charge in [0.15, 0.2) is 0 Å². The molecule has 2 N–H and O–H groups in total. The van der Waals surface area contributed by atoms with Crippen molar-refractivity contribution >= 4 is 28.6 Å². The Kier molecular flexibility index (Phi) is 4.06. The van der Waals surface area contributed by atoms with Crippen LogP contribution >= 0.6 is 11.6 Å². The van der Waals surface area contributed by atoms with Gasteiger partial charge in [0, 0.05) is 16.6 Å². The molecule has 1 heterocycles. The Balaban J connectivity index is 2.51. The average Bonchev–Trinajstić information content (AvgIpc) is 2.66. The number of nitrogens with zero attached hydrogens (tertiary/aromatic N) is 1. The second-order valence-electron chi connectivity index (χ2n) is 5.70. The summed E-state index contributed by atoms with van der Waals surface area (Å²) in [5, 5.41) is 1.58. The van der Waals surface area contributed by atoms with Crippen LogP contribution in [0.15, 0.2) is 24.4 Å². The first-order valence-corrected chi connectivity index (χ1v) is 6.92. The van der Waals surface area contributed by atoms with Crippen LogP contribution in [0.2, 0.25) is 5.02 Å². The minimum absolute atomic E-state index is 0.395. The van der Waals surface area contributed by atoms with Crippen molar-refractivity contribution in [1.29, 1.82) is 0 Å². The van der Waals surface area contributed by atoms with Crippen molar-refractivity contribution in [2.24, 2.45) is 5.73 Å². The molecule has 0 aliphatic carbocycles. The van der Waals surface area contributed by atoms with Crippen molar-refractivity contribution in [3.63, 3.8) is 0 Å². The summed E-state index contributed by atoms with van der Waals surface area (Å²) in [5.41, 5.74) is 6.87. The minimum Gasteiger partial charge on any atom is -0.443 e. The molecule has 0 atom stereocenters. The van der Waals surface area contributed by atoms with Crippen LogP contribution in [0.5, 0.6) is 0 Å². The van der Waals surface area contributed by atoms with Crippen molar-refractivity contribution in [2.75, 3.05) is 6.54 Å². The van der Waals surface area contributed by atoms with Crippen LogP contribution in [0.4, 0.5) is 4.79 Å². The van der Waals surface area contributed by atoms with Crippen molar-refractivity contribution in [3.05, 3.63) is 35.0 Å². The summed E-state index contributed by atoms with van der Waals surface area (Å²) in [6.45, 7) is 6.04. The van der Waals surface area contributed by atoms with Crippen LogP contribution in [0.25, 0.3) is 10.9 Å². The van der Waals surface area contributed by atoms with Crippen LogP contribution in [0.3, 0.4) is 0 Å². The molecular weight excluding hydrogens is 276 g/mol. The summed E-state index contributed by atoms with van der Waals surface area (Å²) in [7, 11) is 0. The van der Waals surface area contributed by atoms with E-state index in [0.717, 1.165) is 16.5 Å². The monoisotopic (exact) mass is 294 g/mol. The first-order chi connectivity index (χ1) is 9.31. The van der Waals surface area contributed by atoms with Crippen LogP contribution in [0, 0.1) is 0 Å². The first kappa shape index (κ1) is 14.9. The largest absolute Gasteiger partial charge is 0.443 e. The maximum Gasteiger partial charge on any atom is 0.419 e. The molecule has 1 aromatic heterocycles. The molecule has 0 saturated heterocycles. The van der Waals surface area contributed by atoms with Gasteiger partial charge in [-0.3, -0.25) is 4.57 Å². The molecule has 5 heteroatoms. The number of ether oxygens (including phenoxy) is 1. The van der Waals surface area contributed by atoms with Gasteiger partial charge in [-0.15, -0.1) is 0 Å². The van der Waals surface area contributed by atoms with E-state index in [2.05, 4.69) is 0 Å². The summed E-state index contributed by atoms with van der Waals surface area (Å²) < 4.78 is 6.93. The highest BCUT2D eigenvalue weighted by Crippen LogP contribution is 2.26. The number of hydrogen-bond donors (Lipinski definition) is 1. The standard InChI is InChI=1S/C15H19ClN2O2/c1-15(2,3)20-14(19)18-9-10(6-7-17)12-8-11(16)4-5-13(12)18/h4-5,8-9H,6-7,17H2,1-3H3. The molecule has 2 aromatic rings. The number of aromatic nitrogens is 1. The summed E-state index contributed by atoms with van der Waals surface area (Å²) in [6.07, 6.45) is 2.07. The van der Waals surface area contributed by atoms with E-state index >= 15 is 0 Å². The van der Waals surface area contributed by atoms with E-state index in [4.69, 9.17) is 22.1 Å². The molecule has 0 spiro atoms. The topological polar surface area (TPSA) is 57.2 Å².